The topological polar surface area (TPSA) is 388 Å². The van der Waals surface area contributed by atoms with Gasteiger partial charge in [-0.05, 0) is 109 Å². The molecule has 1 aromatic heterocycles. The number of likely N-dealkylation sites (tertiary alicyclic amines) is 4. The summed E-state index contributed by atoms with van der Waals surface area (Å²) < 4.78 is 0. The maximum absolute atomic E-state index is 14.6. The Balaban J connectivity index is 1.24. The molecular weight excluding hydrogens is 1000 g/mol. The molecule has 26 nitrogen and oxygen atoms in total. The molecule has 1 aromatic rings. The van der Waals surface area contributed by atoms with Crippen LogP contribution in [0.25, 0.3) is 0 Å². The Morgan fingerprint density at radius 1 is 0.623 bits per heavy atom. The molecule has 0 bridgehead atoms. The van der Waals surface area contributed by atoms with Crippen LogP contribution in [0.3, 0.4) is 0 Å². The molecule has 0 unspecified atom stereocenters. The molecular formula is C51H82N14O12. The number of nitrogens with zero attached hydrogens (tertiary/aromatic N) is 5. The van der Waals surface area contributed by atoms with Crippen molar-refractivity contribution < 1.29 is 57.8 Å². The number of aromatic amines is 1. The van der Waals surface area contributed by atoms with Crippen molar-refractivity contribution in [2.75, 3.05) is 32.7 Å². The van der Waals surface area contributed by atoms with Gasteiger partial charge in [0, 0.05) is 38.8 Å². The Labute approximate surface area is 449 Å². The van der Waals surface area contributed by atoms with Gasteiger partial charge in [0.1, 0.15) is 54.4 Å². The number of rotatable bonds is 27. The third-order valence-corrected chi connectivity index (χ3v) is 14.6. The van der Waals surface area contributed by atoms with Crippen molar-refractivity contribution in [2.45, 2.75) is 191 Å². The third-order valence-electron chi connectivity index (χ3n) is 14.6. The Bertz CT molecular complexity index is 2280. The number of hydrogen-bond acceptors (Lipinski definition) is 14. The lowest BCUT2D eigenvalue weighted by Crippen LogP contribution is -2.60. The fourth-order valence-electron chi connectivity index (χ4n) is 10.8. The van der Waals surface area contributed by atoms with E-state index in [0.717, 1.165) is 0 Å². The number of nitrogens with one attached hydrogen (secondary N) is 6. The quantitative estimate of drug-likeness (QED) is 0.0421. The molecule has 0 saturated carbocycles. The largest absolute Gasteiger partial charge is 0.480 e. The van der Waals surface area contributed by atoms with E-state index < -0.39 is 132 Å². The highest BCUT2D eigenvalue weighted by molar-refractivity contribution is 5.99. The number of carboxylic acid groups (broad SMARTS) is 1. The molecule has 10 amide bonds. The molecule has 26 heteroatoms. The molecule has 428 valence electrons. The molecule has 10 atom stereocenters. The van der Waals surface area contributed by atoms with Gasteiger partial charge in [-0.1, -0.05) is 27.7 Å². The summed E-state index contributed by atoms with van der Waals surface area (Å²) in [5.41, 5.74) is 17.0. The fraction of sp³-hybridized carbons (Fsp3) is 0.725. The van der Waals surface area contributed by atoms with E-state index in [9.17, 15) is 57.8 Å². The van der Waals surface area contributed by atoms with E-state index in [4.69, 9.17) is 17.2 Å². The molecule has 0 aromatic carbocycles. The zero-order valence-corrected chi connectivity index (χ0v) is 45.1. The number of hydrogen-bond donors (Lipinski definition) is 10. The van der Waals surface area contributed by atoms with Crippen LogP contribution in [0.2, 0.25) is 0 Å². The van der Waals surface area contributed by atoms with Gasteiger partial charge in [-0.2, -0.15) is 0 Å². The van der Waals surface area contributed by atoms with Gasteiger partial charge >= 0.3 is 5.97 Å². The summed E-state index contributed by atoms with van der Waals surface area (Å²) in [5, 5.41) is 23.4. The molecule has 13 N–H and O–H groups in total. The van der Waals surface area contributed by atoms with Gasteiger partial charge in [-0.15, -0.1) is 0 Å². The van der Waals surface area contributed by atoms with Gasteiger partial charge in [0.2, 0.25) is 59.1 Å². The number of carbonyl (C=O) groups excluding carboxylic acids is 10. The second-order valence-corrected chi connectivity index (χ2v) is 21.7. The number of carbonyl (C=O) groups is 11. The molecule has 5 heterocycles. The van der Waals surface area contributed by atoms with Crippen LogP contribution in [0.4, 0.5) is 0 Å². The first-order valence-electron chi connectivity index (χ1n) is 27.2. The number of amides is 10. The van der Waals surface area contributed by atoms with E-state index >= 15 is 0 Å². The number of nitrogens with two attached hydrogens (primary N) is 3. The highest BCUT2D eigenvalue weighted by Crippen LogP contribution is 2.30. The Morgan fingerprint density at radius 3 is 1.64 bits per heavy atom. The van der Waals surface area contributed by atoms with Gasteiger partial charge in [-0.25, -0.2) is 9.78 Å². The molecule has 4 fully saturated rings. The molecule has 4 aliphatic rings. The summed E-state index contributed by atoms with van der Waals surface area (Å²) in [6.45, 7) is 10.2. The summed E-state index contributed by atoms with van der Waals surface area (Å²) in [6, 6.07) is -10.8. The summed E-state index contributed by atoms with van der Waals surface area (Å²) in [4.78, 5) is 162. The van der Waals surface area contributed by atoms with Crippen LogP contribution in [-0.2, 0) is 59.2 Å². The van der Waals surface area contributed by atoms with E-state index in [-0.39, 0.29) is 70.1 Å². The van der Waals surface area contributed by atoms with Crippen LogP contribution in [0, 0.1) is 11.8 Å². The Kier molecular flexibility index (Phi) is 22.7. The first kappa shape index (κ1) is 61.2. The van der Waals surface area contributed by atoms with Gasteiger partial charge in [0.15, 0.2) is 0 Å². The lowest BCUT2D eigenvalue weighted by molar-refractivity contribution is -0.151. The average Bonchev–Trinajstić information content (AvgIpc) is 4.26. The van der Waals surface area contributed by atoms with Crippen LogP contribution in [0.5, 0.6) is 0 Å². The molecule has 0 aliphatic carbocycles. The average molecular weight is 1080 g/mol. The maximum atomic E-state index is 14.6. The minimum atomic E-state index is -1.34. The molecule has 77 heavy (non-hydrogen) atoms. The highest BCUT2D eigenvalue weighted by atomic mass is 16.4. The van der Waals surface area contributed by atoms with Gasteiger partial charge in [-0.3, -0.25) is 47.9 Å². The normalized spacial score (nSPS) is 21.7. The van der Waals surface area contributed by atoms with Crippen molar-refractivity contribution in [3.05, 3.63) is 18.2 Å². The fourth-order valence-corrected chi connectivity index (χ4v) is 10.8. The predicted octanol–water partition coefficient (Wildman–Crippen LogP) is -2.13. The first-order valence-corrected chi connectivity index (χ1v) is 27.2. The van der Waals surface area contributed by atoms with Crippen molar-refractivity contribution in [2.24, 2.45) is 29.0 Å². The van der Waals surface area contributed by atoms with E-state index in [0.29, 0.717) is 70.0 Å². The van der Waals surface area contributed by atoms with Gasteiger partial charge in [0.25, 0.3) is 0 Å². The smallest absolute Gasteiger partial charge is 0.326 e. The van der Waals surface area contributed by atoms with E-state index in [1.54, 1.807) is 0 Å². The summed E-state index contributed by atoms with van der Waals surface area (Å²) in [7, 11) is 0. The number of primary amides is 1. The number of imidazole rings is 1. The van der Waals surface area contributed by atoms with Gasteiger partial charge in [0.05, 0.1) is 24.5 Å². The summed E-state index contributed by atoms with van der Waals surface area (Å²) in [6.07, 6.45) is 7.03. The summed E-state index contributed by atoms with van der Waals surface area (Å²) >= 11 is 0. The molecule has 0 radical (unpaired) electrons. The third kappa shape index (κ3) is 16.7. The second kappa shape index (κ2) is 28.6. The zero-order valence-electron chi connectivity index (χ0n) is 45.1. The van der Waals surface area contributed by atoms with Crippen molar-refractivity contribution in [3.63, 3.8) is 0 Å². The molecule has 5 rings (SSSR count). The zero-order chi connectivity index (χ0) is 56.7. The van der Waals surface area contributed by atoms with Crippen LogP contribution >= 0.6 is 0 Å². The number of aromatic nitrogens is 2. The van der Waals surface area contributed by atoms with Crippen LogP contribution in [0.1, 0.15) is 130 Å². The number of H-pyrrole nitrogens is 1. The SMILES string of the molecule is CC(C)C[C@H](NC(=O)[C@@H]1CCCN1C(=O)[C@@H]1CCCN1C(=O)[C@@H]1CCCN1C(=O)[C@H](CC(C)C)NC(=O)[C@@H]1CCCN1C(=O)[C@H](C)NC(=O)[C@@H](N)CC(N)=O)C(=O)N[C@@H](CCCCN)C(=O)N[C@@H](Cc1c[nH]cn1)C(=O)O. The first-order chi connectivity index (χ1) is 36.5. The number of unbranched alkanes of at least 4 members (excludes halogenated alkanes) is 1. The maximum Gasteiger partial charge on any atom is 0.326 e. The molecule has 4 aliphatic heterocycles. The minimum absolute atomic E-state index is 0.0736. The standard InChI is InChI=1S/C51H82N14O12/c1-28(2)22-34(44(69)58-33(12-6-7-17-52)43(68)61-36(51(76)77)24-31-26-55-27-56-31)59-45(70)38-14-9-19-63(38)49(74)40-16-11-21-65(40)50(75)39-15-10-20-64(39)48(73)35(23-29(3)4)60-46(71)37-13-8-18-62(37)47(72)30(5)57-42(67)32(53)25-41(54)66/h26-30,32-40H,6-25,52-53H2,1-5H3,(H2,54,66)(H,55,56)(H,57,67)(H,58,69)(H,59,70)(H,60,71)(H,61,68)(H,76,77)/t30-,32-,33-,34-,35-,36-,37-,38-,39-,40-/m0/s1. The van der Waals surface area contributed by atoms with Crippen molar-refractivity contribution in [3.8, 4) is 0 Å². The van der Waals surface area contributed by atoms with E-state index in [1.807, 2.05) is 27.7 Å². The van der Waals surface area contributed by atoms with E-state index in [2.05, 4.69) is 36.6 Å². The van der Waals surface area contributed by atoms with Crippen LogP contribution < -0.4 is 43.8 Å². The minimum Gasteiger partial charge on any atom is -0.480 e. The summed E-state index contributed by atoms with van der Waals surface area (Å²) in [5.74, 6) is -7.43. The Hall–Kier alpha value is -6.70. The van der Waals surface area contributed by atoms with Gasteiger partial charge < -0.3 is 73.5 Å². The van der Waals surface area contributed by atoms with E-state index in [1.165, 1.54) is 39.0 Å². The predicted molar refractivity (Wildman–Crippen MR) is 278 cm³/mol. The van der Waals surface area contributed by atoms with Crippen molar-refractivity contribution >= 4 is 65.0 Å². The highest BCUT2D eigenvalue weighted by Gasteiger charge is 2.47. The molecule has 0 spiro atoms. The lowest BCUT2D eigenvalue weighted by atomic mass is 10.0. The lowest BCUT2D eigenvalue weighted by Gasteiger charge is -2.35. The van der Waals surface area contributed by atoms with Crippen LogP contribution in [0.15, 0.2) is 12.5 Å². The second-order valence-electron chi connectivity index (χ2n) is 21.7. The Morgan fingerprint density at radius 2 is 1.10 bits per heavy atom. The number of carboxylic acids is 1. The number of aliphatic carboxylic acids is 1. The van der Waals surface area contributed by atoms with Crippen molar-refractivity contribution in [1.82, 2.24) is 56.2 Å². The van der Waals surface area contributed by atoms with Crippen molar-refractivity contribution in [1.29, 1.82) is 0 Å². The monoisotopic (exact) mass is 1080 g/mol. The molecule has 4 saturated heterocycles. The van der Waals surface area contributed by atoms with Crippen LogP contribution in [-0.4, -0.2) is 193 Å².